The molecule has 4 nitrogen and oxygen atoms in total. The predicted molar refractivity (Wildman–Crippen MR) is 61.5 cm³/mol. The Morgan fingerprint density at radius 2 is 1.93 bits per heavy atom. The van der Waals surface area contributed by atoms with Crippen LogP contribution in [0.1, 0.15) is 38.3 Å². The van der Waals surface area contributed by atoms with Gasteiger partial charge in [-0.3, -0.25) is 0 Å². The van der Waals surface area contributed by atoms with Gasteiger partial charge in [0.05, 0.1) is 6.54 Å². The molecule has 0 spiro atoms. The summed E-state index contributed by atoms with van der Waals surface area (Å²) in [4.78, 5) is 0. The van der Waals surface area contributed by atoms with Crippen molar-refractivity contribution < 1.29 is 0 Å². The Morgan fingerprint density at radius 3 is 2.40 bits per heavy atom. The lowest BCUT2D eigenvalue weighted by atomic mass is 10.0. The second kappa shape index (κ2) is 5.85. The third kappa shape index (κ3) is 3.30. The van der Waals surface area contributed by atoms with Gasteiger partial charge in [0.25, 0.3) is 0 Å². The fraction of sp³-hybridized carbons (Fsp3) is 0.818. The monoisotopic (exact) mass is 210 g/mol. The number of hydrogen-bond donors (Lipinski definition) is 1. The third-order valence-corrected chi connectivity index (χ3v) is 3.05. The van der Waals surface area contributed by atoms with Gasteiger partial charge in [0.1, 0.15) is 11.6 Å². The van der Waals surface area contributed by atoms with E-state index in [2.05, 4.69) is 29.4 Å². The van der Waals surface area contributed by atoms with Gasteiger partial charge in [-0.15, -0.1) is 10.2 Å². The van der Waals surface area contributed by atoms with Crippen LogP contribution in [0.3, 0.4) is 0 Å². The average Bonchev–Trinajstić information content (AvgIpc) is 2.56. The maximum absolute atomic E-state index is 4.11. The lowest BCUT2D eigenvalue weighted by Gasteiger charge is -2.12. The molecule has 1 aromatic heterocycles. The van der Waals surface area contributed by atoms with Crippen molar-refractivity contribution in [2.75, 3.05) is 6.54 Å². The van der Waals surface area contributed by atoms with Crippen LogP contribution in [0.2, 0.25) is 0 Å². The minimum atomic E-state index is 0.777. The molecule has 0 aliphatic heterocycles. The fourth-order valence-corrected chi connectivity index (χ4v) is 1.57. The molecule has 0 atom stereocenters. The number of rotatable bonds is 6. The Labute approximate surface area is 92.1 Å². The van der Waals surface area contributed by atoms with E-state index in [-0.39, 0.29) is 0 Å². The Bertz CT molecular complexity index is 289. The first kappa shape index (κ1) is 12.2. The molecule has 0 amide bonds. The molecule has 0 unspecified atom stereocenters. The van der Waals surface area contributed by atoms with Crippen molar-refractivity contribution >= 4 is 0 Å². The third-order valence-electron chi connectivity index (χ3n) is 3.05. The summed E-state index contributed by atoms with van der Waals surface area (Å²) in [6, 6.07) is 0. The van der Waals surface area contributed by atoms with Crippen LogP contribution in [0.4, 0.5) is 0 Å². The molecule has 4 heteroatoms. The van der Waals surface area contributed by atoms with Gasteiger partial charge in [0, 0.05) is 7.05 Å². The number of aryl methyl sites for hydroxylation is 1. The van der Waals surface area contributed by atoms with E-state index in [9.17, 15) is 0 Å². The summed E-state index contributed by atoms with van der Waals surface area (Å²) >= 11 is 0. The lowest BCUT2D eigenvalue weighted by molar-refractivity contribution is 0.443. The van der Waals surface area contributed by atoms with Crippen molar-refractivity contribution in [1.82, 2.24) is 20.1 Å². The van der Waals surface area contributed by atoms with Gasteiger partial charge >= 0.3 is 0 Å². The molecule has 0 aliphatic rings. The van der Waals surface area contributed by atoms with E-state index in [1.807, 2.05) is 18.5 Å². The smallest absolute Gasteiger partial charge is 0.146 e. The minimum absolute atomic E-state index is 0.777. The van der Waals surface area contributed by atoms with Crippen molar-refractivity contribution in [2.45, 2.75) is 40.2 Å². The maximum atomic E-state index is 4.11. The van der Waals surface area contributed by atoms with Crippen molar-refractivity contribution in [1.29, 1.82) is 0 Å². The van der Waals surface area contributed by atoms with Crippen molar-refractivity contribution in [3.63, 3.8) is 0 Å². The van der Waals surface area contributed by atoms with Crippen molar-refractivity contribution in [2.24, 2.45) is 13.0 Å². The molecule has 0 radical (unpaired) electrons. The molecule has 1 N–H and O–H groups in total. The number of nitrogens with zero attached hydrogens (tertiary/aromatic N) is 3. The van der Waals surface area contributed by atoms with Crippen LogP contribution in [-0.2, 0) is 13.6 Å². The van der Waals surface area contributed by atoms with Crippen LogP contribution >= 0.6 is 0 Å². The van der Waals surface area contributed by atoms with Crippen LogP contribution < -0.4 is 5.32 Å². The molecule has 0 saturated carbocycles. The summed E-state index contributed by atoms with van der Waals surface area (Å²) in [7, 11) is 2.00. The molecule has 1 aromatic rings. The highest BCUT2D eigenvalue weighted by Crippen LogP contribution is 2.05. The molecule has 0 bridgehead atoms. The van der Waals surface area contributed by atoms with Crippen LogP contribution in [0.15, 0.2) is 0 Å². The highest BCUT2D eigenvalue weighted by atomic mass is 15.3. The highest BCUT2D eigenvalue weighted by molar-refractivity contribution is 4.91. The molecule has 1 heterocycles. The second-order valence-corrected chi connectivity index (χ2v) is 4.04. The van der Waals surface area contributed by atoms with Crippen LogP contribution in [0, 0.1) is 12.8 Å². The van der Waals surface area contributed by atoms with E-state index in [0.29, 0.717) is 0 Å². The standard InChI is InChI=1S/C11H22N4/c1-5-10(6-2)7-12-8-11-14-13-9(3)15(11)4/h10,12H,5-8H2,1-4H3. The molecular formula is C11H22N4. The quantitative estimate of drug-likeness (QED) is 0.776. The maximum Gasteiger partial charge on any atom is 0.146 e. The summed E-state index contributed by atoms with van der Waals surface area (Å²) in [5.41, 5.74) is 0. The zero-order chi connectivity index (χ0) is 11.3. The zero-order valence-corrected chi connectivity index (χ0v) is 10.2. The van der Waals surface area contributed by atoms with Gasteiger partial charge in [0.15, 0.2) is 0 Å². The van der Waals surface area contributed by atoms with Crippen molar-refractivity contribution in [3.8, 4) is 0 Å². The van der Waals surface area contributed by atoms with E-state index in [4.69, 9.17) is 0 Å². The van der Waals surface area contributed by atoms with Gasteiger partial charge < -0.3 is 9.88 Å². The number of aromatic nitrogens is 3. The molecule has 0 aromatic carbocycles. The van der Waals surface area contributed by atoms with Gasteiger partial charge in [-0.25, -0.2) is 0 Å². The summed E-state index contributed by atoms with van der Waals surface area (Å²) < 4.78 is 2.03. The summed E-state index contributed by atoms with van der Waals surface area (Å²) in [5, 5.41) is 11.6. The van der Waals surface area contributed by atoms with Gasteiger partial charge in [-0.1, -0.05) is 26.7 Å². The van der Waals surface area contributed by atoms with E-state index in [0.717, 1.165) is 30.7 Å². The number of hydrogen-bond acceptors (Lipinski definition) is 3. The first-order chi connectivity index (χ1) is 7.19. The Hall–Kier alpha value is -0.900. The highest BCUT2D eigenvalue weighted by Gasteiger charge is 2.06. The van der Waals surface area contributed by atoms with E-state index < -0.39 is 0 Å². The average molecular weight is 210 g/mol. The Morgan fingerprint density at radius 1 is 1.27 bits per heavy atom. The molecular weight excluding hydrogens is 188 g/mol. The summed E-state index contributed by atoms with van der Waals surface area (Å²) in [6.07, 6.45) is 2.47. The molecule has 0 fully saturated rings. The van der Waals surface area contributed by atoms with E-state index in [1.54, 1.807) is 0 Å². The zero-order valence-electron chi connectivity index (χ0n) is 10.2. The summed E-state index contributed by atoms with van der Waals surface area (Å²) in [6.45, 7) is 8.33. The number of nitrogens with one attached hydrogen (secondary N) is 1. The normalized spacial score (nSPS) is 11.3. The molecule has 1 rings (SSSR count). The fourth-order valence-electron chi connectivity index (χ4n) is 1.57. The molecule has 86 valence electrons. The molecule has 0 saturated heterocycles. The summed E-state index contributed by atoms with van der Waals surface area (Å²) in [5.74, 6) is 2.76. The van der Waals surface area contributed by atoms with Gasteiger partial charge in [-0.05, 0) is 19.4 Å². The predicted octanol–water partition coefficient (Wildman–Crippen LogP) is 1.65. The first-order valence-electron chi connectivity index (χ1n) is 5.74. The SMILES string of the molecule is CCC(CC)CNCc1nnc(C)n1C. The van der Waals surface area contributed by atoms with Crippen LogP contribution in [0.25, 0.3) is 0 Å². The molecule has 15 heavy (non-hydrogen) atoms. The van der Waals surface area contributed by atoms with Crippen molar-refractivity contribution in [3.05, 3.63) is 11.6 Å². The van der Waals surface area contributed by atoms with Gasteiger partial charge in [0.2, 0.25) is 0 Å². The molecule has 0 aliphatic carbocycles. The lowest BCUT2D eigenvalue weighted by Crippen LogP contribution is -2.23. The topological polar surface area (TPSA) is 42.7 Å². The van der Waals surface area contributed by atoms with E-state index >= 15 is 0 Å². The van der Waals surface area contributed by atoms with Crippen LogP contribution in [0.5, 0.6) is 0 Å². The van der Waals surface area contributed by atoms with Crippen LogP contribution in [-0.4, -0.2) is 21.3 Å². The minimum Gasteiger partial charge on any atom is -0.317 e. The van der Waals surface area contributed by atoms with E-state index in [1.165, 1.54) is 12.8 Å². The largest absolute Gasteiger partial charge is 0.317 e. The first-order valence-corrected chi connectivity index (χ1v) is 5.74. The second-order valence-electron chi connectivity index (χ2n) is 4.04. The Kier molecular flexibility index (Phi) is 4.75. The van der Waals surface area contributed by atoms with Gasteiger partial charge in [-0.2, -0.15) is 0 Å². The Balaban J connectivity index is 2.34.